The number of aromatic amines is 1. The summed E-state index contributed by atoms with van der Waals surface area (Å²) < 4.78 is 12.4. The number of hydrogen-bond acceptors (Lipinski definition) is 4. The number of nitrogens with one attached hydrogen (secondary N) is 1. The second-order valence-corrected chi connectivity index (χ2v) is 2.64. The summed E-state index contributed by atoms with van der Waals surface area (Å²) in [4.78, 5) is 0.622. The topological polar surface area (TPSA) is 54.5 Å². The van der Waals surface area contributed by atoms with Crippen LogP contribution in [0.25, 0.3) is 10.7 Å². The van der Waals surface area contributed by atoms with E-state index in [-0.39, 0.29) is 0 Å². The van der Waals surface area contributed by atoms with E-state index in [2.05, 4.69) is 26.0 Å². The van der Waals surface area contributed by atoms with Crippen molar-refractivity contribution in [3.63, 3.8) is 0 Å². The first-order chi connectivity index (χ1) is 5.36. The Kier molecular flexibility index (Phi) is 1.39. The third-order valence-corrected chi connectivity index (χ3v) is 1.90. The second-order valence-electron chi connectivity index (χ2n) is 1.80. The molecule has 0 fully saturated rings. The van der Waals surface area contributed by atoms with Crippen LogP contribution in [-0.2, 0) is 0 Å². The van der Waals surface area contributed by atoms with E-state index < -0.39 is 5.82 Å². The molecule has 0 saturated carbocycles. The van der Waals surface area contributed by atoms with Crippen molar-refractivity contribution in [2.24, 2.45) is 0 Å². The number of hydrogen-bond donors (Lipinski definition) is 1. The minimum atomic E-state index is -0.394. The molecule has 0 aliphatic carbocycles. The molecule has 0 aliphatic heterocycles. The van der Waals surface area contributed by atoms with Crippen molar-refractivity contribution >= 4 is 11.3 Å². The maximum atomic E-state index is 12.4. The molecule has 2 aromatic rings. The molecule has 0 aromatic carbocycles. The van der Waals surface area contributed by atoms with Gasteiger partial charge in [-0.05, 0) is 11.3 Å². The third-order valence-electron chi connectivity index (χ3n) is 1.08. The van der Waals surface area contributed by atoms with Gasteiger partial charge in [0.05, 0.1) is 10.3 Å². The largest absolute Gasteiger partial charge is 0.214 e. The van der Waals surface area contributed by atoms with Gasteiger partial charge in [0.15, 0.2) is 0 Å². The molecule has 1 radical (unpaired) electrons. The van der Waals surface area contributed by atoms with Crippen LogP contribution < -0.4 is 0 Å². The van der Waals surface area contributed by atoms with Gasteiger partial charge in [0.25, 0.3) is 0 Å². The van der Waals surface area contributed by atoms with E-state index in [4.69, 9.17) is 0 Å². The smallest absolute Gasteiger partial charge is 0.205 e. The summed E-state index contributed by atoms with van der Waals surface area (Å²) in [6.07, 6.45) is 0. The zero-order valence-electron chi connectivity index (χ0n) is 5.21. The first-order valence-electron chi connectivity index (χ1n) is 2.77. The Morgan fingerprint density at radius 1 is 1.64 bits per heavy atom. The summed E-state index contributed by atoms with van der Waals surface area (Å²) in [5, 5.41) is 15.4. The lowest BCUT2D eigenvalue weighted by Crippen LogP contribution is -1.73. The quantitative estimate of drug-likeness (QED) is 0.689. The number of thiophene rings is 1. The van der Waals surface area contributed by atoms with Crippen molar-refractivity contribution in [2.75, 3.05) is 0 Å². The molecule has 0 bridgehead atoms. The SMILES string of the molecule is Fc1[c]sc(-c2nn[nH]n2)c1. The Morgan fingerprint density at radius 3 is 3.09 bits per heavy atom. The van der Waals surface area contributed by atoms with Crippen LogP contribution in [0.2, 0.25) is 0 Å². The lowest BCUT2D eigenvalue weighted by Gasteiger charge is -1.79. The van der Waals surface area contributed by atoms with Crippen LogP contribution in [0.4, 0.5) is 4.39 Å². The number of rotatable bonds is 1. The standard InChI is InChI=1S/C5H2FN4S/c6-3-1-4(11-2-3)5-7-9-10-8-5/h1H,(H,7,8,9,10). The lowest BCUT2D eigenvalue weighted by atomic mass is 10.4. The van der Waals surface area contributed by atoms with E-state index in [1.54, 1.807) is 0 Å². The summed E-state index contributed by atoms with van der Waals surface area (Å²) in [6, 6.07) is 1.32. The molecule has 0 aliphatic rings. The fraction of sp³-hybridized carbons (Fsp3) is 0. The highest BCUT2D eigenvalue weighted by molar-refractivity contribution is 7.13. The Morgan fingerprint density at radius 2 is 2.55 bits per heavy atom. The third kappa shape index (κ3) is 1.12. The molecule has 11 heavy (non-hydrogen) atoms. The van der Waals surface area contributed by atoms with E-state index in [1.165, 1.54) is 6.07 Å². The maximum absolute atomic E-state index is 12.4. The molecule has 4 nitrogen and oxygen atoms in total. The normalized spacial score (nSPS) is 10.3. The zero-order valence-corrected chi connectivity index (χ0v) is 6.02. The lowest BCUT2D eigenvalue weighted by molar-refractivity contribution is 0.631. The molecule has 55 valence electrons. The van der Waals surface area contributed by atoms with Gasteiger partial charge in [0.2, 0.25) is 5.82 Å². The minimum Gasteiger partial charge on any atom is -0.205 e. The van der Waals surface area contributed by atoms with Gasteiger partial charge in [-0.15, -0.1) is 21.5 Å². The average molecular weight is 169 g/mol. The molecular formula is C5H2FN4S. The molecular weight excluding hydrogens is 167 g/mol. The summed E-state index contributed by atoms with van der Waals surface area (Å²) in [5.41, 5.74) is 0. The van der Waals surface area contributed by atoms with Crippen LogP contribution >= 0.6 is 11.3 Å². The Labute approximate surface area is 65.1 Å². The van der Waals surface area contributed by atoms with E-state index in [1.807, 2.05) is 0 Å². The second kappa shape index (κ2) is 2.39. The number of aromatic nitrogens is 4. The summed E-state index contributed by atoms with van der Waals surface area (Å²) in [5.74, 6) is 0.00458. The van der Waals surface area contributed by atoms with Crippen molar-refractivity contribution < 1.29 is 4.39 Å². The van der Waals surface area contributed by atoms with E-state index in [9.17, 15) is 4.39 Å². The van der Waals surface area contributed by atoms with Crippen LogP contribution in [0, 0.1) is 11.2 Å². The van der Waals surface area contributed by atoms with Crippen molar-refractivity contribution in [1.82, 2.24) is 20.6 Å². The molecule has 0 unspecified atom stereocenters. The maximum Gasteiger partial charge on any atom is 0.214 e. The Balaban J connectivity index is 2.45. The first kappa shape index (κ1) is 6.41. The Hall–Kier alpha value is -1.30. The highest BCUT2D eigenvalue weighted by Crippen LogP contribution is 2.21. The summed E-state index contributed by atoms with van der Waals surface area (Å²) >= 11 is 1.12. The highest BCUT2D eigenvalue weighted by atomic mass is 32.1. The first-order valence-corrected chi connectivity index (χ1v) is 3.59. The van der Waals surface area contributed by atoms with Gasteiger partial charge < -0.3 is 0 Å². The number of tetrazole rings is 1. The van der Waals surface area contributed by atoms with Gasteiger partial charge >= 0.3 is 0 Å². The van der Waals surface area contributed by atoms with Crippen LogP contribution in [0.5, 0.6) is 0 Å². The number of nitrogens with zero attached hydrogens (tertiary/aromatic N) is 3. The molecule has 2 rings (SSSR count). The van der Waals surface area contributed by atoms with Gasteiger partial charge in [-0.3, -0.25) is 0 Å². The molecule has 6 heteroatoms. The highest BCUT2D eigenvalue weighted by Gasteiger charge is 2.05. The molecule has 1 N–H and O–H groups in total. The molecule has 0 saturated heterocycles. The van der Waals surface area contributed by atoms with Crippen molar-refractivity contribution in [3.05, 3.63) is 17.3 Å². The van der Waals surface area contributed by atoms with Crippen LogP contribution in [-0.4, -0.2) is 20.6 Å². The summed E-state index contributed by atoms with van der Waals surface area (Å²) in [7, 11) is 0. The van der Waals surface area contributed by atoms with Crippen molar-refractivity contribution in [2.45, 2.75) is 0 Å². The van der Waals surface area contributed by atoms with Crippen LogP contribution in [0.3, 0.4) is 0 Å². The number of halogens is 1. The van der Waals surface area contributed by atoms with Gasteiger partial charge in [-0.2, -0.15) is 5.21 Å². The molecule has 2 heterocycles. The Bertz CT molecular complexity index is 341. The van der Waals surface area contributed by atoms with Gasteiger partial charge in [-0.1, -0.05) is 0 Å². The van der Waals surface area contributed by atoms with E-state index in [0.29, 0.717) is 10.7 Å². The van der Waals surface area contributed by atoms with Crippen LogP contribution in [0.1, 0.15) is 0 Å². The fourth-order valence-corrected chi connectivity index (χ4v) is 1.26. The van der Waals surface area contributed by atoms with E-state index >= 15 is 0 Å². The molecule has 0 amide bonds. The van der Waals surface area contributed by atoms with Gasteiger partial charge in [0, 0.05) is 0 Å². The van der Waals surface area contributed by atoms with Crippen molar-refractivity contribution in [3.8, 4) is 10.7 Å². The number of H-pyrrole nitrogens is 1. The van der Waals surface area contributed by atoms with Gasteiger partial charge in [0.1, 0.15) is 5.82 Å². The molecule has 0 spiro atoms. The average Bonchev–Trinajstić information content (AvgIpc) is 2.55. The monoisotopic (exact) mass is 169 g/mol. The van der Waals surface area contributed by atoms with Crippen LogP contribution in [0.15, 0.2) is 6.07 Å². The minimum absolute atomic E-state index is 0.394. The van der Waals surface area contributed by atoms with Crippen molar-refractivity contribution in [1.29, 1.82) is 0 Å². The predicted octanol–water partition coefficient (Wildman–Crippen LogP) is 0.867. The molecule has 2 aromatic heterocycles. The summed E-state index contributed by atoms with van der Waals surface area (Å²) in [6.45, 7) is 0. The fourth-order valence-electron chi connectivity index (χ4n) is 0.654. The van der Waals surface area contributed by atoms with Gasteiger partial charge in [-0.25, -0.2) is 4.39 Å². The predicted molar refractivity (Wildman–Crippen MR) is 36.3 cm³/mol. The van der Waals surface area contributed by atoms with E-state index in [0.717, 1.165) is 11.3 Å². The zero-order chi connectivity index (χ0) is 7.68. The molecule has 0 atom stereocenters.